The number of aliphatic hydroxyl groups is 1. The summed E-state index contributed by atoms with van der Waals surface area (Å²) >= 11 is 1.80. The van der Waals surface area contributed by atoms with E-state index >= 15 is 0 Å². The number of thioether (sulfide) groups is 1. The van der Waals surface area contributed by atoms with Crippen LogP contribution in [0.1, 0.15) is 31.1 Å². The van der Waals surface area contributed by atoms with Crippen molar-refractivity contribution in [3.63, 3.8) is 0 Å². The second kappa shape index (κ2) is 9.57. The lowest BCUT2D eigenvalue weighted by molar-refractivity contribution is -0.120. The summed E-state index contributed by atoms with van der Waals surface area (Å²) in [5.74, 6) is -0.100. The molecule has 1 aromatic heterocycles. The maximum absolute atomic E-state index is 12.2. The van der Waals surface area contributed by atoms with E-state index in [-0.39, 0.29) is 12.5 Å². The van der Waals surface area contributed by atoms with Crippen LogP contribution >= 0.6 is 11.8 Å². The van der Waals surface area contributed by atoms with Crippen molar-refractivity contribution in [1.82, 2.24) is 15.1 Å². The molecular weight excluding hydrogens is 370 g/mol. The Balaban J connectivity index is 1.48. The molecule has 0 bridgehead atoms. The number of nitrogens with zero attached hydrogens (tertiary/aromatic N) is 2. The Kier molecular flexibility index (Phi) is 6.90. The quantitative estimate of drug-likeness (QED) is 0.570. The van der Waals surface area contributed by atoms with Gasteiger partial charge in [-0.25, -0.2) is 4.68 Å². The molecule has 1 unspecified atom stereocenters. The molecule has 0 radical (unpaired) electrons. The van der Waals surface area contributed by atoms with E-state index in [1.807, 2.05) is 60.8 Å². The summed E-state index contributed by atoms with van der Waals surface area (Å²) in [4.78, 5) is 13.4. The Morgan fingerprint density at radius 2 is 1.86 bits per heavy atom. The minimum Gasteiger partial charge on any atom is -0.387 e. The first-order valence-electron chi connectivity index (χ1n) is 9.31. The predicted molar refractivity (Wildman–Crippen MR) is 113 cm³/mol. The van der Waals surface area contributed by atoms with E-state index in [0.717, 1.165) is 16.8 Å². The van der Waals surface area contributed by atoms with Crippen molar-refractivity contribution in [2.24, 2.45) is 0 Å². The van der Waals surface area contributed by atoms with Gasteiger partial charge in [-0.05, 0) is 41.5 Å². The van der Waals surface area contributed by atoms with Crippen molar-refractivity contribution in [3.05, 3.63) is 78.1 Å². The second-order valence-electron chi connectivity index (χ2n) is 6.85. The van der Waals surface area contributed by atoms with Crippen molar-refractivity contribution in [2.75, 3.05) is 6.54 Å². The van der Waals surface area contributed by atoms with Gasteiger partial charge in [0.15, 0.2) is 0 Å². The minimum atomic E-state index is -0.750. The van der Waals surface area contributed by atoms with Crippen molar-refractivity contribution in [2.45, 2.75) is 36.5 Å². The first kappa shape index (κ1) is 20.2. The third-order valence-electron chi connectivity index (χ3n) is 4.20. The topological polar surface area (TPSA) is 67.2 Å². The minimum absolute atomic E-state index is 0.100. The van der Waals surface area contributed by atoms with Crippen molar-refractivity contribution in [1.29, 1.82) is 0 Å². The third-order valence-corrected chi connectivity index (χ3v) is 5.21. The molecule has 0 fully saturated rings. The summed E-state index contributed by atoms with van der Waals surface area (Å²) in [7, 11) is 0. The molecule has 3 aromatic rings. The van der Waals surface area contributed by atoms with E-state index < -0.39 is 6.10 Å². The molecule has 0 aliphatic heterocycles. The van der Waals surface area contributed by atoms with Crippen LogP contribution in [0.15, 0.2) is 71.9 Å². The Morgan fingerprint density at radius 3 is 2.46 bits per heavy atom. The molecule has 0 saturated carbocycles. The van der Waals surface area contributed by atoms with Gasteiger partial charge in [0.1, 0.15) is 0 Å². The zero-order valence-corrected chi connectivity index (χ0v) is 16.9. The molecule has 6 heteroatoms. The lowest BCUT2D eigenvalue weighted by atomic mass is 10.1. The molecule has 146 valence electrons. The van der Waals surface area contributed by atoms with Crippen molar-refractivity contribution < 1.29 is 9.90 Å². The number of hydrogen-bond acceptors (Lipinski definition) is 4. The molecule has 5 nitrogen and oxygen atoms in total. The van der Waals surface area contributed by atoms with Gasteiger partial charge in [0.2, 0.25) is 5.91 Å². The summed E-state index contributed by atoms with van der Waals surface area (Å²) in [6.07, 6.45) is 3.13. The van der Waals surface area contributed by atoms with Crippen LogP contribution in [0, 0.1) is 0 Å². The van der Waals surface area contributed by atoms with Crippen LogP contribution in [-0.2, 0) is 11.2 Å². The molecule has 0 spiro atoms. The summed E-state index contributed by atoms with van der Waals surface area (Å²) in [6.45, 7) is 4.49. The highest BCUT2D eigenvalue weighted by Crippen LogP contribution is 2.23. The summed E-state index contributed by atoms with van der Waals surface area (Å²) in [5, 5.41) is 17.9. The van der Waals surface area contributed by atoms with Gasteiger partial charge in [-0.15, -0.1) is 11.8 Å². The van der Waals surface area contributed by atoms with Crippen LogP contribution in [0.2, 0.25) is 0 Å². The first-order valence-corrected chi connectivity index (χ1v) is 10.2. The van der Waals surface area contributed by atoms with Crippen LogP contribution in [0.4, 0.5) is 0 Å². The summed E-state index contributed by atoms with van der Waals surface area (Å²) in [5.41, 5.74) is 2.64. The number of carbonyl (C=O) groups is 1. The SMILES string of the molecule is CC(C)Sc1ccc(CC(=O)NCC(O)c2ccc(-n3cccn3)cc2)cc1. The number of nitrogens with one attached hydrogen (secondary N) is 1. The van der Waals surface area contributed by atoms with Crippen molar-refractivity contribution in [3.8, 4) is 5.69 Å². The maximum atomic E-state index is 12.2. The lowest BCUT2D eigenvalue weighted by Crippen LogP contribution is -2.29. The second-order valence-corrected chi connectivity index (χ2v) is 8.50. The fourth-order valence-electron chi connectivity index (χ4n) is 2.81. The number of rotatable bonds is 8. The van der Waals surface area contributed by atoms with Crippen LogP contribution in [-0.4, -0.2) is 32.6 Å². The average Bonchev–Trinajstić information content (AvgIpc) is 3.22. The zero-order chi connectivity index (χ0) is 19.9. The first-order chi connectivity index (χ1) is 13.5. The smallest absolute Gasteiger partial charge is 0.224 e. The van der Waals surface area contributed by atoms with Crippen LogP contribution < -0.4 is 5.32 Å². The Morgan fingerprint density at radius 1 is 1.14 bits per heavy atom. The van der Waals surface area contributed by atoms with Gasteiger partial charge < -0.3 is 10.4 Å². The Hall–Kier alpha value is -2.57. The van der Waals surface area contributed by atoms with E-state index in [4.69, 9.17) is 0 Å². The lowest BCUT2D eigenvalue weighted by Gasteiger charge is -2.13. The highest BCUT2D eigenvalue weighted by atomic mass is 32.2. The standard InChI is InChI=1S/C22H25N3O2S/c1-16(2)28-20-10-4-17(5-11-20)14-22(27)23-15-21(26)18-6-8-19(9-7-18)25-13-3-12-24-25/h3-13,16,21,26H,14-15H2,1-2H3,(H,23,27). The number of aromatic nitrogens is 2. The van der Waals surface area contributed by atoms with Gasteiger partial charge in [-0.2, -0.15) is 5.10 Å². The third kappa shape index (κ3) is 5.71. The molecule has 0 aliphatic carbocycles. The van der Waals surface area contributed by atoms with E-state index in [9.17, 15) is 9.90 Å². The molecule has 1 amide bonds. The number of hydrogen-bond donors (Lipinski definition) is 2. The maximum Gasteiger partial charge on any atom is 0.224 e. The molecule has 2 N–H and O–H groups in total. The van der Waals surface area contributed by atoms with Gasteiger partial charge in [0.05, 0.1) is 18.2 Å². The van der Waals surface area contributed by atoms with E-state index in [2.05, 4.69) is 24.3 Å². The number of aliphatic hydroxyl groups excluding tert-OH is 1. The number of benzene rings is 2. The van der Waals surface area contributed by atoms with E-state index in [1.54, 1.807) is 22.6 Å². The van der Waals surface area contributed by atoms with Crippen molar-refractivity contribution >= 4 is 17.7 Å². The number of amides is 1. The summed E-state index contributed by atoms with van der Waals surface area (Å²) in [6, 6.07) is 17.4. The predicted octanol–water partition coefficient (Wildman–Crippen LogP) is 3.77. The molecule has 0 aliphatic rings. The van der Waals surface area contributed by atoms with E-state index in [1.165, 1.54) is 4.90 Å². The highest BCUT2D eigenvalue weighted by molar-refractivity contribution is 7.99. The molecular formula is C22H25N3O2S. The largest absolute Gasteiger partial charge is 0.387 e. The molecule has 2 aromatic carbocycles. The zero-order valence-electron chi connectivity index (χ0n) is 16.1. The fraction of sp³-hybridized carbons (Fsp3) is 0.273. The molecule has 0 saturated heterocycles. The molecule has 1 atom stereocenters. The summed E-state index contributed by atoms with van der Waals surface area (Å²) < 4.78 is 1.75. The highest BCUT2D eigenvalue weighted by Gasteiger charge is 2.11. The van der Waals surface area contributed by atoms with Crippen LogP contribution in [0.3, 0.4) is 0 Å². The Labute approximate surface area is 169 Å². The number of carbonyl (C=O) groups excluding carboxylic acids is 1. The van der Waals surface area contributed by atoms with Gasteiger partial charge >= 0.3 is 0 Å². The van der Waals surface area contributed by atoms with Crippen LogP contribution in [0.25, 0.3) is 5.69 Å². The van der Waals surface area contributed by atoms with Gasteiger partial charge in [0, 0.05) is 29.1 Å². The Bertz CT molecular complexity index is 875. The molecule has 1 heterocycles. The normalized spacial score (nSPS) is 12.1. The van der Waals surface area contributed by atoms with E-state index in [0.29, 0.717) is 11.7 Å². The average molecular weight is 396 g/mol. The van der Waals surface area contributed by atoms with Gasteiger partial charge in [0.25, 0.3) is 0 Å². The fourth-order valence-corrected chi connectivity index (χ4v) is 3.64. The van der Waals surface area contributed by atoms with Gasteiger partial charge in [-0.1, -0.05) is 38.1 Å². The van der Waals surface area contributed by atoms with Gasteiger partial charge in [-0.3, -0.25) is 4.79 Å². The monoisotopic (exact) mass is 395 g/mol. The molecule has 28 heavy (non-hydrogen) atoms. The molecule has 3 rings (SSSR count). The van der Waals surface area contributed by atoms with Crippen LogP contribution in [0.5, 0.6) is 0 Å².